The first-order valence-electron chi connectivity index (χ1n) is 6.35. The number of nitrogens with two attached hydrogens (primary N) is 1. The molecule has 0 bridgehead atoms. The molecule has 1 heterocycles. The number of nitrogens with zero attached hydrogens (tertiary/aromatic N) is 1. The molecule has 2 aromatic rings. The molecule has 2 rings (SSSR count). The molecule has 0 aliphatic carbocycles. The lowest BCUT2D eigenvalue weighted by atomic mass is 10.1. The van der Waals surface area contributed by atoms with Crippen molar-refractivity contribution in [2.45, 2.75) is 19.9 Å². The van der Waals surface area contributed by atoms with E-state index in [1.807, 2.05) is 25.1 Å². The Balaban J connectivity index is 2.26. The van der Waals surface area contributed by atoms with Crippen molar-refractivity contribution in [2.75, 3.05) is 18.5 Å². The van der Waals surface area contributed by atoms with Gasteiger partial charge in [-0.05, 0) is 43.7 Å². The second kappa shape index (κ2) is 6.13. The summed E-state index contributed by atoms with van der Waals surface area (Å²) in [6.07, 6.45) is 2.50. The molecular weight excluding hydrogens is 260 g/mol. The van der Waals surface area contributed by atoms with Gasteiger partial charge in [0.2, 0.25) is 0 Å². The van der Waals surface area contributed by atoms with Crippen molar-refractivity contribution in [3.05, 3.63) is 52.4 Å². The Labute approximate surface area is 119 Å². The topological polar surface area (TPSA) is 42.4 Å². The van der Waals surface area contributed by atoms with Crippen LogP contribution in [0.4, 0.5) is 5.69 Å². The first-order valence-corrected chi connectivity index (χ1v) is 6.73. The third-order valence-electron chi connectivity index (χ3n) is 3.27. The van der Waals surface area contributed by atoms with Crippen molar-refractivity contribution in [2.24, 2.45) is 5.73 Å². The van der Waals surface area contributed by atoms with Gasteiger partial charge in [0.15, 0.2) is 0 Å². The van der Waals surface area contributed by atoms with Crippen molar-refractivity contribution in [1.82, 2.24) is 0 Å². The zero-order valence-corrected chi connectivity index (χ0v) is 12.1. The molecule has 0 fully saturated rings. The van der Waals surface area contributed by atoms with E-state index < -0.39 is 0 Å². The fourth-order valence-corrected chi connectivity index (χ4v) is 2.48. The van der Waals surface area contributed by atoms with E-state index in [1.165, 1.54) is 5.56 Å². The first-order chi connectivity index (χ1) is 9.13. The van der Waals surface area contributed by atoms with E-state index in [-0.39, 0.29) is 0 Å². The molecule has 4 heteroatoms. The highest BCUT2D eigenvalue weighted by atomic mass is 35.5. The van der Waals surface area contributed by atoms with Crippen LogP contribution in [-0.2, 0) is 13.0 Å². The van der Waals surface area contributed by atoms with Crippen molar-refractivity contribution in [3.63, 3.8) is 0 Å². The fraction of sp³-hybridized carbons (Fsp3) is 0.333. The van der Waals surface area contributed by atoms with Gasteiger partial charge in [-0.2, -0.15) is 0 Å². The number of rotatable bonds is 5. The molecule has 0 atom stereocenters. The average Bonchev–Trinajstić information content (AvgIpc) is 2.78. The average molecular weight is 279 g/mol. The summed E-state index contributed by atoms with van der Waals surface area (Å²) in [5, 5.41) is 0.777. The van der Waals surface area contributed by atoms with Gasteiger partial charge in [-0.15, -0.1) is 0 Å². The van der Waals surface area contributed by atoms with Crippen LogP contribution in [-0.4, -0.2) is 13.6 Å². The summed E-state index contributed by atoms with van der Waals surface area (Å²) in [4.78, 5) is 2.18. The Hall–Kier alpha value is -1.45. The first kappa shape index (κ1) is 14.0. The van der Waals surface area contributed by atoms with Gasteiger partial charge < -0.3 is 15.1 Å². The van der Waals surface area contributed by atoms with Crippen LogP contribution in [0.15, 0.2) is 34.9 Å². The van der Waals surface area contributed by atoms with Crippen LogP contribution in [0.25, 0.3) is 0 Å². The van der Waals surface area contributed by atoms with Crippen molar-refractivity contribution in [1.29, 1.82) is 0 Å². The molecule has 0 saturated carbocycles. The molecule has 0 aliphatic rings. The summed E-state index contributed by atoms with van der Waals surface area (Å²) in [5.41, 5.74) is 9.08. The molecule has 1 aromatic carbocycles. The van der Waals surface area contributed by atoms with Crippen LogP contribution >= 0.6 is 11.6 Å². The SMILES string of the molecule is Cc1occc1CN(C)c1cccc(Cl)c1CCN. The van der Waals surface area contributed by atoms with E-state index in [4.69, 9.17) is 21.8 Å². The number of aryl methyl sites for hydroxylation is 1. The number of hydrogen-bond acceptors (Lipinski definition) is 3. The van der Waals surface area contributed by atoms with Gasteiger partial charge >= 0.3 is 0 Å². The normalized spacial score (nSPS) is 10.7. The number of halogens is 1. The standard InChI is InChI=1S/C15H19ClN2O/c1-11-12(7-9-19-11)10-18(2)15-5-3-4-14(16)13(15)6-8-17/h3-5,7,9H,6,8,10,17H2,1-2H3. The molecule has 102 valence electrons. The maximum atomic E-state index is 6.26. The Morgan fingerprint density at radius 3 is 2.74 bits per heavy atom. The molecule has 0 spiro atoms. The summed E-state index contributed by atoms with van der Waals surface area (Å²) in [5.74, 6) is 0.953. The second-order valence-corrected chi connectivity index (χ2v) is 5.04. The van der Waals surface area contributed by atoms with E-state index >= 15 is 0 Å². The highest BCUT2D eigenvalue weighted by Crippen LogP contribution is 2.28. The van der Waals surface area contributed by atoms with Crippen LogP contribution in [0.3, 0.4) is 0 Å². The number of furan rings is 1. The molecular formula is C15H19ClN2O. The minimum absolute atomic E-state index is 0.593. The largest absolute Gasteiger partial charge is 0.469 e. The Morgan fingerprint density at radius 1 is 1.32 bits per heavy atom. The number of hydrogen-bond donors (Lipinski definition) is 1. The van der Waals surface area contributed by atoms with Crippen LogP contribution in [0.1, 0.15) is 16.9 Å². The van der Waals surface area contributed by atoms with Gasteiger partial charge in [0.1, 0.15) is 5.76 Å². The summed E-state index contributed by atoms with van der Waals surface area (Å²) in [7, 11) is 2.05. The highest BCUT2D eigenvalue weighted by Gasteiger charge is 2.12. The number of benzene rings is 1. The Kier molecular flexibility index (Phi) is 4.51. The van der Waals surface area contributed by atoms with Crippen LogP contribution in [0.2, 0.25) is 5.02 Å². The molecule has 0 amide bonds. The molecule has 0 aliphatic heterocycles. The van der Waals surface area contributed by atoms with Gasteiger partial charge in [0.05, 0.1) is 6.26 Å². The highest BCUT2D eigenvalue weighted by molar-refractivity contribution is 6.31. The summed E-state index contributed by atoms with van der Waals surface area (Å²) < 4.78 is 5.33. The zero-order chi connectivity index (χ0) is 13.8. The molecule has 19 heavy (non-hydrogen) atoms. The minimum atomic E-state index is 0.593. The van der Waals surface area contributed by atoms with Gasteiger partial charge in [-0.1, -0.05) is 17.7 Å². The summed E-state index contributed by atoms with van der Waals surface area (Å²) in [6.45, 7) is 3.36. The maximum absolute atomic E-state index is 6.26. The predicted molar refractivity (Wildman–Crippen MR) is 79.8 cm³/mol. The van der Waals surface area contributed by atoms with E-state index in [2.05, 4.69) is 18.0 Å². The smallest absolute Gasteiger partial charge is 0.105 e. The Bertz CT molecular complexity index is 551. The molecule has 3 nitrogen and oxygen atoms in total. The molecule has 1 aromatic heterocycles. The van der Waals surface area contributed by atoms with Crippen molar-refractivity contribution >= 4 is 17.3 Å². The van der Waals surface area contributed by atoms with Crippen molar-refractivity contribution in [3.8, 4) is 0 Å². The van der Waals surface area contributed by atoms with Crippen LogP contribution in [0, 0.1) is 6.92 Å². The number of anilines is 1. The van der Waals surface area contributed by atoms with E-state index in [0.29, 0.717) is 6.54 Å². The van der Waals surface area contributed by atoms with E-state index in [0.717, 1.165) is 35.0 Å². The quantitative estimate of drug-likeness (QED) is 0.912. The molecule has 0 unspecified atom stereocenters. The monoisotopic (exact) mass is 278 g/mol. The molecule has 0 radical (unpaired) electrons. The summed E-state index contributed by atoms with van der Waals surface area (Å²) >= 11 is 6.26. The Morgan fingerprint density at radius 2 is 2.11 bits per heavy atom. The van der Waals surface area contributed by atoms with Crippen molar-refractivity contribution < 1.29 is 4.42 Å². The lowest BCUT2D eigenvalue weighted by Gasteiger charge is -2.23. The third kappa shape index (κ3) is 3.11. The van der Waals surface area contributed by atoms with Gasteiger partial charge in [0, 0.05) is 29.9 Å². The lowest BCUT2D eigenvalue weighted by molar-refractivity contribution is 0.529. The van der Waals surface area contributed by atoms with E-state index in [1.54, 1.807) is 6.26 Å². The zero-order valence-electron chi connectivity index (χ0n) is 11.3. The van der Waals surface area contributed by atoms with E-state index in [9.17, 15) is 0 Å². The maximum Gasteiger partial charge on any atom is 0.105 e. The van der Waals surface area contributed by atoms with Crippen LogP contribution < -0.4 is 10.6 Å². The molecule has 2 N–H and O–H groups in total. The predicted octanol–water partition coefficient (Wildman–Crippen LogP) is 3.38. The van der Waals surface area contributed by atoms with Gasteiger partial charge in [0.25, 0.3) is 0 Å². The fourth-order valence-electron chi connectivity index (χ4n) is 2.21. The van der Waals surface area contributed by atoms with Gasteiger partial charge in [-0.25, -0.2) is 0 Å². The van der Waals surface area contributed by atoms with Crippen LogP contribution in [0.5, 0.6) is 0 Å². The molecule has 0 saturated heterocycles. The lowest BCUT2D eigenvalue weighted by Crippen LogP contribution is -2.19. The second-order valence-electron chi connectivity index (χ2n) is 4.63. The summed E-state index contributed by atoms with van der Waals surface area (Å²) in [6, 6.07) is 7.95. The van der Waals surface area contributed by atoms with Gasteiger partial charge in [-0.3, -0.25) is 0 Å². The minimum Gasteiger partial charge on any atom is -0.469 e. The third-order valence-corrected chi connectivity index (χ3v) is 3.63.